The normalized spacial score (nSPS) is 13.2. The molecule has 17 heavy (non-hydrogen) atoms. The van der Waals surface area contributed by atoms with Crippen LogP contribution in [0, 0.1) is 5.92 Å². The van der Waals surface area contributed by atoms with Crippen molar-refractivity contribution in [2.24, 2.45) is 11.7 Å². The van der Waals surface area contributed by atoms with Gasteiger partial charge in [0.05, 0.1) is 0 Å². The van der Waals surface area contributed by atoms with Crippen molar-refractivity contribution in [3.63, 3.8) is 0 Å². The van der Waals surface area contributed by atoms with E-state index in [1.807, 2.05) is 0 Å². The van der Waals surface area contributed by atoms with Crippen molar-refractivity contribution in [2.75, 3.05) is 6.54 Å². The third kappa shape index (κ3) is 4.01. The molecule has 0 bridgehead atoms. The lowest BCUT2D eigenvalue weighted by molar-refractivity contribution is 0.590. The summed E-state index contributed by atoms with van der Waals surface area (Å²) < 4.78 is 0. The van der Waals surface area contributed by atoms with Gasteiger partial charge in [0, 0.05) is 6.54 Å². The molecule has 0 aliphatic carbocycles. The van der Waals surface area contributed by atoms with Gasteiger partial charge in [-0.3, -0.25) is 0 Å². The van der Waals surface area contributed by atoms with Gasteiger partial charge in [0.15, 0.2) is 0 Å². The van der Waals surface area contributed by atoms with Crippen molar-refractivity contribution in [1.29, 1.82) is 0 Å². The molecular weight excluding hydrogens is 206 g/mol. The summed E-state index contributed by atoms with van der Waals surface area (Å²) in [7, 11) is 0. The summed E-state index contributed by atoms with van der Waals surface area (Å²) in [5.41, 5.74) is 9.88. The van der Waals surface area contributed by atoms with Crippen LogP contribution in [0.3, 0.4) is 0 Å². The molecule has 0 amide bonds. The van der Waals surface area contributed by atoms with Gasteiger partial charge in [0.2, 0.25) is 0 Å². The Hall–Kier alpha value is -1.08. The van der Waals surface area contributed by atoms with Crippen molar-refractivity contribution in [3.05, 3.63) is 41.0 Å². The topological polar surface area (TPSA) is 26.0 Å². The molecule has 1 aromatic rings. The first kappa shape index (κ1) is 14.0. The third-order valence-electron chi connectivity index (χ3n) is 3.11. The van der Waals surface area contributed by atoms with E-state index in [9.17, 15) is 0 Å². The Labute approximate surface area is 106 Å². The maximum Gasteiger partial charge on any atom is 0.0142 e. The number of rotatable bonds is 3. The fourth-order valence-electron chi connectivity index (χ4n) is 1.75. The van der Waals surface area contributed by atoms with E-state index in [1.165, 1.54) is 16.7 Å². The predicted octanol–water partition coefficient (Wildman–Crippen LogP) is 3.98. The average molecular weight is 231 g/mol. The van der Waals surface area contributed by atoms with Gasteiger partial charge < -0.3 is 5.73 Å². The fourth-order valence-corrected chi connectivity index (χ4v) is 1.75. The second-order valence-electron chi connectivity index (χ2n) is 5.95. The molecule has 0 heterocycles. The van der Waals surface area contributed by atoms with Gasteiger partial charge in [-0.25, -0.2) is 0 Å². The van der Waals surface area contributed by atoms with E-state index < -0.39 is 0 Å². The van der Waals surface area contributed by atoms with Crippen molar-refractivity contribution in [3.8, 4) is 0 Å². The Kier molecular flexibility index (Phi) is 4.53. The third-order valence-corrected chi connectivity index (χ3v) is 3.11. The zero-order chi connectivity index (χ0) is 13.1. The molecule has 0 saturated carbocycles. The van der Waals surface area contributed by atoms with Crippen molar-refractivity contribution < 1.29 is 0 Å². The number of hydrogen-bond acceptors (Lipinski definition) is 1. The van der Waals surface area contributed by atoms with Gasteiger partial charge >= 0.3 is 0 Å². The molecule has 0 aliphatic rings. The summed E-state index contributed by atoms with van der Waals surface area (Å²) in [6.45, 7) is 11.7. The van der Waals surface area contributed by atoms with Crippen LogP contribution in [0.4, 0.5) is 0 Å². The Morgan fingerprint density at radius 2 is 1.71 bits per heavy atom. The van der Waals surface area contributed by atoms with Crippen LogP contribution in [0.25, 0.3) is 6.08 Å². The van der Waals surface area contributed by atoms with E-state index >= 15 is 0 Å². The minimum Gasteiger partial charge on any atom is -0.327 e. The molecule has 0 aromatic heterocycles. The van der Waals surface area contributed by atoms with E-state index in [0.717, 1.165) is 0 Å². The zero-order valence-corrected chi connectivity index (χ0v) is 11.7. The summed E-state index contributed by atoms with van der Waals surface area (Å²) in [4.78, 5) is 0. The number of hydrogen-bond donors (Lipinski definition) is 1. The summed E-state index contributed by atoms with van der Waals surface area (Å²) in [6, 6.07) is 8.78. The lowest BCUT2D eigenvalue weighted by Crippen LogP contribution is -2.10. The molecule has 0 aliphatic heterocycles. The van der Waals surface area contributed by atoms with Crippen molar-refractivity contribution in [1.82, 2.24) is 0 Å². The second-order valence-corrected chi connectivity index (χ2v) is 5.95. The van der Waals surface area contributed by atoms with E-state index in [2.05, 4.69) is 65.0 Å². The Balaban J connectivity index is 2.96. The number of benzene rings is 1. The molecule has 0 atom stereocenters. The van der Waals surface area contributed by atoms with Crippen LogP contribution in [0.1, 0.15) is 45.7 Å². The minimum atomic E-state index is 0.219. The molecule has 1 aromatic carbocycles. The first-order chi connectivity index (χ1) is 7.84. The van der Waals surface area contributed by atoms with Crippen LogP contribution in [0.2, 0.25) is 0 Å². The molecule has 2 N–H and O–H groups in total. The minimum absolute atomic E-state index is 0.219. The summed E-state index contributed by atoms with van der Waals surface area (Å²) in [5.74, 6) is 0.516. The van der Waals surface area contributed by atoms with Crippen molar-refractivity contribution in [2.45, 2.75) is 40.0 Å². The van der Waals surface area contributed by atoms with Crippen LogP contribution < -0.4 is 5.73 Å². The molecule has 0 spiro atoms. The van der Waals surface area contributed by atoms with Crippen LogP contribution in [-0.2, 0) is 5.41 Å². The zero-order valence-electron chi connectivity index (χ0n) is 11.7. The van der Waals surface area contributed by atoms with Gasteiger partial charge in [-0.1, -0.05) is 70.5 Å². The second kappa shape index (κ2) is 5.50. The maximum atomic E-state index is 5.75. The maximum absolute atomic E-state index is 5.75. The van der Waals surface area contributed by atoms with Gasteiger partial charge in [0.25, 0.3) is 0 Å². The van der Waals surface area contributed by atoms with Gasteiger partial charge in [0.1, 0.15) is 0 Å². The highest BCUT2D eigenvalue weighted by Crippen LogP contribution is 2.23. The Morgan fingerprint density at radius 3 is 2.06 bits per heavy atom. The summed E-state index contributed by atoms with van der Waals surface area (Å²) in [5, 5.41) is 0. The Bertz CT molecular complexity index is 377. The predicted molar refractivity (Wildman–Crippen MR) is 77.0 cm³/mol. The molecule has 1 heteroatoms. The quantitative estimate of drug-likeness (QED) is 0.836. The molecule has 0 radical (unpaired) electrons. The highest BCUT2D eigenvalue weighted by Gasteiger charge is 2.12. The SMILES string of the molecule is CC(C)C(=Cc1ccc(C(C)(C)C)cc1)CN. The van der Waals surface area contributed by atoms with Crippen LogP contribution >= 0.6 is 0 Å². The van der Waals surface area contributed by atoms with Gasteiger partial charge in [-0.15, -0.1) is 0 Å². The van der Waals surface area contributed by atoms with Crippen LogP contribution in [0.15, 0.2) is 29.8 Å². The van der Waals surface area contributed by atoms with Crippen molar-refractivity contribution >= 4 is 6.08 Å². The highest BCUT2D eigenvalue weighted by atomic mass is 14.5. The van der Waals surface area contributed by atoms with Gasteiger partial charge in [-0.2, -0.15) is 0 Å². The lowest BCUT2D eigenvalue weighted by Gasteiger charge is -2.19. The molecule has 0 fully saturated rings. The molecule has 1 nitrogen and oxygen atoms in total. The van der Waals surface area contributed by atoms with E-state index in [4.69, 9.17) is 5.73 Å². The van der Waals surface area contributed by atoms with Crippen LogP contribution in [-0.4, -0.2) is 6.54 Å². The molecular formula is C16H25N. The summed E-state index contributed by atoms with van der Waals surface area (Å²) in [6.07, 6.45) is 2.21. The lowest BCUT2D eigenvalue weighted by atomic mass is 9.86. The number of nitrogens with two attached hydrogens (primary N) is 1. The molecule has 0 unspecified atom stereocenters. The standard InChI is InChI=1S/C16H25N/c1-12(2)14(11-17)10-13-6-8-15(9-7-13)16(3,4)5/h6-10,12H,11,17H2,1-5H3. The first-order valence-corrected chi connectivity index (χ1v) is 6.35. The van der Waals surface area contributed by atoms with Crippen LogP contribution in [0.5, 0.6) is 0 Å². The largest absolute Gasteiger partial charge is 0.327 e. The summed E-state index contributed by atoms with van der Waals surface area (Å²) >= 11 is 0. The molecule has 94 valence electrons. The first-order valence-electron chi connectivity index (χ1n) is 6.35. The molecule has 0 saturated heterocycles. The Morgan fingerprint density at radius 1 is 1.18 bits per heavy atom. The molecule has 1 rings (SSSR count). The van der Waals surface area contributed by atoms with E-state index in [1.54, 1.807) is 0 Å². The smallest absolute Gasteiger partial charge is 0.0142 e. The monoisotopic (exact) mass is 231 g/mol. The van der Waals surface area contributed by atoms with Gasteiger partial charge in [-0.05, 0) is 22.5 Å². The fraction of sp³-hybridized carbons (Fsp3) is 0.500. The average Bonchev–Trinajstić information content (AvgIpc) is 2.25. The van der Waals surface area contributed by atoms with E-state index in [-0.39, 0.29) is 5.41 Å². The van der Waals surface area contributed by atoms with E-state index in [0.29, 0.717) is 12.5 Å². The highest BCUT2D eigenvalue weighted by molar-refractivity contribution is 5.54.